The molecule has 0 fully saturated rings. The van der Waals surface area contributed by atoms with Gasteiger partial charge in [0.2, 0.25) is 0 Å². The summed E-state index contributed by atoms with van der Waals surface area (Å²) in [5.41, 5.74) is 2.19. The summed E-state index contributed by atoms with van der Waals surface area (Å²) in [4.78, 5) is 16.1. The molecule has 3 aromatic rings. The molecule has 0 radical (unpaired) electrons. The molecule has 2 aromatic carbocycles. The number of nitrogens with zero attached hydrogens (tertiary/aromatic N) is 2. The molecule has 0 bridgehead atoms. The van der Waals surface area contributed by atoms with Gasteiger partial charge in [-0.25, -0.2) is 4.98 Å². The largest absolute Gasteiger partial charge is 0.295 e. The number of carbonyl (C=O) groups excluding carboxylic acids is 1. The van der Waals surface area contributed by atoms with Gasteiger partial charge in [-0.05, 0) is 61.0 Å². The first-order valence-corrected chi connectivity index (χ1v) is 8.40. The van der Waals surface area contributed by atoms with E-state index in [1.54, 1.807) is 41.8 Å². The molecular weight excluding hydrogens is 390 g/mol. The number of imidazole rings is 1. The van der Waals surface area contributed by atoms with Gasteiger partial charge in [0.25, 0.3) is 5.24 Å². The average molecular weight is 400 g/mol. The van der Waals surface area contributed by atoms with E-state index in [1.165, 1.54) is 0 Å². The van der Waals surface area contributed by atoms with Crippen molar-refractivity contribution in [2.24, 2.45) is 0 Å². The molecule has 1 aromatic heterocycles. The van der Waals surface area contributed by atoms with Gasteiger partial charge in [0, 0.05) is 15.6 Å². The molecule has 0 unspecified atom stereocenters. The normalized spacial score (nSPS) is 10.9. The van der Waals surface area contributed by atoms with Gasteiger partial charge in [0.1, 0.15) is 11.5 Å². The van der Waals surface area contributed by atoms with Gasteiger partial charge in [-0.3, -0.25) is 9.36 Å². The quantitative estimate of drug-likeness (QED) is 0.492. The standard InChI is InChI=1S/C17H10Cl4N2O/c1-9-15(16(21)24)22-17(10-2-4-11(18)5-3-10)23(9)14-7-6-12(19)8-13(14)20/h2-8H,1H3. The number of rotatable bonds is 3. The van der Waals surface area contributed by atoms with Crippen molar-refractivity contribution in [3.05, 3.63) is 68.9 Å². The highest BCUT2D eigenvalue weighted by Gasteiger charge is 2.21. The van der Waals surface area contributed by atoms with Gasteiger partial charge in [0.05, 0.1) is 16.4 Å². The Hall–Kier alpha value is -1.52. The van der Waals surface area contributed by atoms with Gasteiger partial charge in [0.15, 0.2) is 0 Å². The molecule has 1 heterocycles. The lowest BCUT2D eigenvalue weighted by atomic mass is 10.2. The van der Waals surface area contributed by atoms with Crippen molar-refractivity contribution < 1.29 is 4.79 Å². The number of hydrogen-bond donors (Lipinski definition) is 0. The Kier molecular flexibility index (Phi) is 4.88. The fraction of sp³-hybridized carbons (Fsp3) is 0.0588. The number of benzene rings is 2. The SMILES string of the molecule is Cc1c(C(=O)Cl)nc(-c2ccc(Cl)cc2)n1-c1ccc(Cl)cc1Cl. The molecule has 3 rings (SSSR count). The van der Waals surface area contributed by atoms with Gasteiger partial charge >= 0.3 is 0 Å². The van der Waals surface area contributed by atoms with E-state index >= 15 is 0 Å². The lowest BCUT2D eigenvalue weighted by Gasteiger charge is -2.12. The zero-order valence-electron chi connectivity index (χ0n) is 12.4. The first kappa shape index (κ1) is 17.3. The lowest BCUT2D eigenvalue weighted by molar-refractivity contribution is 0.107. The van der Waals surface area contributed by atoms with Crippen molar-refractivity contribution >= 4 is 51.6 Å². The summed E-state index contributed by atoms with van der Waals surface area (Å²) in [7, 11) is 0. The highest BCUT2D eigenvalue weighted by atomic mass is 35.5. The first-order valence-electron chi connectivity index (χ1n) is 6.89. The van der Waals surface area contributed by atoms with Crippen LogP contribution in [0.3, 0.4) is 0 Å². The van der Waals surface area contributed by atoms with Crippen molar-refractivity contribution in [1.29, 1.82) is 0 Å². The molecule has 0 saturated heterocycles. The van der Waals surface area contributed by atoms with Crippen LogP contribution in [0.5, 0.6) is 0 Å². The third-order valence-corrected chi connectivity index (χ3v) is 4.52. The Morgan fingerprint density at radius 1 is 1.00 bits per heavy atom. The molecule has 0 spiro atoms. The fourth-order valence-electron chi connectivity index (χ4n) is 2.44. The Morgan fingerprint density at radius 3 is 2.21 bits per heavy atom. The Morgan fingerprint density at radius 2 is 1.62 bits per heavy atom. The highest BCUT2D eigenvalue weighted by Crippen LogP contribution is 2.32. The molecule has 0 amide bonds. The minimum absolute atomic E-state index is 0.174. The predicted octanol–water partition coefficient (Wildman–Crippen LogP) is 6.19. The van der Waals surface area contributed by atoms with Crippen LogP contribution in [-0.4, -0.2) is 14.8 Å². The van der Waals surface area contributed by atoms with E-state index in [2.05, 4.69) is 4.98 Å². The average Bonchev–Trinajstić information content (AvgIpc) is 2.86. The minimum atomic E-state index is -0.633. The molecule has 0 aliphatic carbocycles. The van der Waals surface area contributed by atoms with Crippen molar-refractivity contribution in [2.75, 3.05) is 0 Å². The fourth-order valence-corrected chi connectivity index (χ4v) is 3.24. The maximum atomic E-state index is 11.7. The molecule has 122 valence electrons. The van der Waals surface area contributed by atoms with Gasteiger partial charge < -0.3 is 0 Å². The zero-order chi connectivity index (χ0) is 17.4. The summed E-state index contributed by atoms with van der Waals surface area (Å²) in [5.74, 6) is 0.539. The number of hydrogen-bond acceptors (Lipinski definition) is 2. The van der Waals surface area contributed by atoms with Crippen LogP contribution < -0.4 is 0 Å². The summed E-state index contributed by atoms with van der Waals surface area (Å²) >= 11 is 23.9. The molecule has 0 aliphatic rings. The van der Waals surface area contributed by atoms with Crippen LogP contribution >= 0.6 is 46.4 Å². The van der Waals surface area contributed by atoms with E-state index < -0.39 is 5.24 Å². The second kappa shape index (κ2) is 6.77. The predicted molar refractivity (Wildman–Crippen MR) is 99.0 cm³/mol. The van der Waals surface area contributed by atoms with Gasteiger partial charge in [-0.15, -0.1) is 0 Å². The maximum absolute atomic E-state index is 11.7. The van der Waals surface area contributed by atoms with Crippen LogP contribution in [-0.2, 0) is 0 Å². The molecular formula is C17H10Cl4N2O. The van der Waals surface area contributed by atoms with Crippen LogP contribution in [0.1, 0.15) is 16.2 Å². The summed E-state index contributed by atoms with van der Waals surface area (Å²) < 4.78 is 1.78. The number of aromatic nitrogens is 2. The second-order valence-corrected chi connectivity index (χ2v) is 6.70. The smallest absolute Gasteiger partial charge is 0.272 e. The summed E-state index contributed by atoms with van der Waals surface area (Å²) in [6.45, 7) is 1.76. The summed E-state index contributed by atoms with van der Waals surface area (Å²) in [6, 6.07) is 12.2. The Balaban J connectivity index is 2.30. The molecule has 7 heteroatoms. The van der Waals surface area contributed by atoms with E-state index in [-0.39, 0.29) is 5.69 Å². The van der Waals surface area contributed by atoms with Crippen molar-refractivity contribution in [1.82, 2.24) is 9.55 Å². The molecule has 0 N–H and O–H groups in total. The minimum Gasteiger partial charge on any atom is -0.295 e. The van der Waals surface area contributed by atoms with Crippen LogP contribution in [0.25, 0.3) is 17.1 Å². The van der Waals surface area contributed by atoms with E-state index in [1.807, 2.05) is 12.1 Å². The van der Waals surface area contributed by atoms with E-state index in [0.717, 1.165) is 5.56 Å². The van der Waals surface area contributed by atoms with Gasteiger partial charge in [-0.1, -0.05) is 34.8 Å². The first-order chi connectivity index (χ1) is 11.4. The Bertz CT molecular complexity index is 933. The van der Waals surface area contributed by atoms with Crippen LogP contribution in [0.2, 0.25) is 15.1 Å². The molecule has 0 aliphatic heterocycles. The Labute approximate surface area is 158 Å². The van der Waals surface area contributed by atoms with E-state index in [4.69, 9.17) is 46.4 Å². The molecule has 0 saturated carbocycles. The topological polar surface area (TPSA) is 34.9 Å². The summed E-state index contributed by atoms with van der Waals surface area (Å²) in [6.07, 6.45) is 0. The molecule has 3 nitrogen and oxygen atoms in total. The number of halogens is 4. The number of carbonyl (C=O) groups is 1. The third-order valence-electron chi connectivity index (χ3n) is 3.55. The van der Waals surface area contributed by atoms with Crippen LogP contribution in [0.15, 0.2) is 42.5 Å². The third kappa shape index (κ3) is 3.17. The van der Waals surface area contributed by atoms with Crippen LogP contribution in [0, 0.1) is 6.92 Å². The zero-order valence-corrected chi connectivity index (χ0v) is 15.4. The maximum Gasteiger partial charge on any atom is 0.272 e. The monoisotopic (exact) mass is 398 g/mol. The van der Waals surface area contributed by atoms with Crippen molar-refractivity contribution in [2.45, 2.75) is 6.92 Å². The van der Waals surface area contributed by atoms with E-state index in [9.17, 15) is 4.79 Å². The summed E-state index contributed by atoms with van der Waals surface area (Å²) in [5, 5.41) is 0.924. The second-order valence-electron chi connectivity index (χ2n) is 5.08. The van der Waals surface area contributed by atoms with E-state index in [0.29, 0.717) is 32.3 Å². The molecule has 0 atom stereocenters. The van der Waals surface area contributed by atoms with Crippen LogP contribution in [0.4, 0.5) is 0 Å². The van der Waals surface area contributed by atoms with Gasteiger partial charge in [-0.2, -0.15) is 0 Å². The molecule has 24 heavy (non-hydrogen) atoms. The lowest BCUT2D eigenvalue weighted by Crippen LogP contribution is -2.01. The van der Waals surface area contributed by atoms with Crippen molar-refractivity contribution in [3.63, 3.8) is 0 Å². The van der Waals surface area contributed by atoms with Crippen molar-refractivity contribution in [3.8, 4) is 17.1 Å². The highest BCUT2D eigenvalue weighted by molar-refractivity contribution is 6.67.